The molecule has 6 rings (SSSR count). The summed E-state index contributed by atoms with van der Waals surface area (Å²) in [7, 11) is 1.57. The third-order valence-electron chi connectivity index (χ3n) is 6.66. The first-order valence-corrected chi connectivity index (χ1v) is 12.2. The molecule has 1 aliphatic heterocycles. The number of piperazine rings is 1. The first-order valence-electron chi connectivity index (χ1n) is 12.2. The molecular weight excluding hydrogens is 482 g/mol. The van der Waals surface area contributed by atoms with Crippen LogP contribution >= 0.6 is 0 Å². The predicted molar refractivity (Wildman–Crippen MR) is 143 cm³/mol. The molecule has 38 heavy (non-hydrogen) atoms. The van der Waals surface area contributed by atoms with Crippen molar-refractivity contribution in [2.45, 2.75) is 0 Å². The lowest BCUT2D eigenvalue weighted by Crippen LogP contribution is -2.49. The van der Waals surface area contributed by atoms with Gasteiger partial charge >= 0.3 is 0 Å². The Balaban J connectivity index is 1.24. The average Bonchev–Trinajstić information content (AvgIpc) is 3.41. The Labute approximate surface area is 218 Å². The molecule has 0 aliphatic carbocycles. The number of aromatic nitrogens is 5. The number of anilines is 1. The second-order valence-corrected chi connectivity index (χ2v) is 8.94. The summed E-state index contributed by atoms with van der Waals surface area (Å²) in [4.78, 5) is 38.0. The predicted octanol–water partition coefficient (Wildman–Crippen LogP) is 3.76. The van der Waals surface area contributed by atoms with E-state index >= 15 is 0 Å². The first kappa shape index (κ1) is 23.4. The van der Waals surface area contributed by atoms with Gasteiger partial charge in [-0.2, -0.15) is 0 Å². The Hall–Kier alpha value is -4.99. The molecule has 5 aromatic rings. The van der Waals surface area contributed by atoms with Crippen LogP contribution in [0, 0.1) is 0 Å². The first-order chi connectivity index (χ1) is 18.6. The molecule has 0 unspecified atom stereocenters. The number of ether oxygens (including phenoxy) is 1. The highest BCUT2D eigenvalue weighted by atomic mass is 16.5. The van der Waals surface area contributed by atoms with Gasteiger partial charge in [0.2, 0.25) is 11.8 Å². The number of carbonyl (C=O) groups excluding carboxylic acids is 1. The second-order valence-electron chi connectivity index (χ2n) is 8.94. The quantitative estimate of drug-likeness (QED) is 0.369. The second kappa shape index (κ2) is 9.81. The smallest absolute Gasteiger partial charge is 0.254 e. The number of fused-ring (bicyclic) bond motifs is 1. The number of methoxy groups -OCH3 is 1. The van der Waals surface area contributed by atoms with E-state index in [2.05, 4.69) is 24.8 Å². The Morgan fingerprint density at radius 2 is 1.71 bits per heavy atom. The average molecular weight is 508 g/mol. The summed E-state index contributed by atoms with van der Waals surface area (Å²) in [5.74, 6) is 1.72. The van der Waals surface area contributed by atoms with Crippen LogP contribution < -0.4 is 9.64 Å². The molecule has 1 amide bonds. The number of benzene rings is 2. The van der Waals surface area contributed by atoms with Crippen LogP contribution in [0.1, 0.15) is 10.4 Å². The summed E-state index contributed by atoms with van der Waals surface area (Å²) in [5.41, 5.74) is 4.16. The van der Waals surface area contributed by atoms with Gasteiger partial charge in [0.05, 0.1) is 23.7 Å². The molecule has 2 N–H and O–H groups in total. The van der Waals surface area contributed by atoms with Gasteiger partial charge in [-0.05, 0) is 54.1 Å². The van der Waals surface area contributed by atoms with Gasteiger partial charge < -0.3 is 24.6 Å². The maximum atomic E-state index is 13.3. The summed E-state index contributed by atoms with van der Waals surface area (Å²) in [6.45, 7) is 2.50. The number of aromatic amines is 1. The van der Waals surface area contributed by atoms with Crippen molar-refractivity contribution in [3.05, 3.63) is 78.8 Å². The zero-order valence-electron chi connectivity index (χ0n) is 20.7. The van der Waals surface area contributed by atoms with Crippen molar-refractivity contribution < 1.29 is 14.6 Å². The number of aromatic hydroxyl groups is 1. The molecule has 190 valence electrons. The SMILES string of the molecule is COc1ncccc1-c1ccc(O)c(-c2nc3cc(C(=O)N4CCN(c5ncccn5)CC4)ccc3[nH]2)c1. The van der Waals surface area contributed by atoms with E-state index in [1.807, 2.05) is 35.2 Å². The van der Waals surface area contributed by atoms with Crippen molar-refractivity contribution in [3.8, 4) is 34.1 Å². The lowest BCUT2D eigenvalue weighted by Gasteiger charge is -2.34. The molecule has 2 aromatic carbocycles. The van der Waals surface area contributed by atoms with E-state index in [1.165, 1.54) is 0 Å². The van der Waals surface area contributed by atoms with Crippen LogP contribution in [0.4, 0.5) is 5.95 Å². The van der Waals surface area contributed by atoms with Crippen LogP contribution in [0.5, 0.6) is 11.6 Å². The standard InChI is InChI=1S/C28H25N7O3/c1-38-26-20(4-2-9-29-26)18-6-8-24(36)21(16-18)25-32-22-7-5-19(17-23(22)33-25)27(37)34-12-14-35(15-13-34)28-30-10-3-11-31-28/h2-11,16-17,36H,12-15H2,1H3,(H,32,33). The Bertz CT molecular complexity index is 1610. The molecule has 0 atom stereocenters. The number of H-pyrrole nitrogens is 1. The topological polar surface area (TPSA) is 120 Å². The van der Waals surface area contributed by atoms with E-state index in [-0.39, 0.29) is 11.7 Å². The summed E-state index contributed by atoms with van der Waals surface area (Å²) in [6.07, 6.45) is 5.11. The normalized spacial score (nSPS) is 13.6. The van der Waals surface area contributed by atoms with Crippen molar-refractivity contribution in [1.82, 2.24) is 29.8 Å². The van der Waals surface area contributed by atoms with Gasteiger partial charge in [0, 0.05) is 55.9 Å². The number of pyridine rings is 1. The van der Waals surface area contributed by atoms with E-state index in [0.29, 0.717) is 60.5 Å². The van der Waals surface area contributed by atoms with Crippen molar-refractivity contribution in [2.24, 2.45) is 0 Å². The number of hydrogen-bond donors (Lipinski definition) is 2. The highest BCUT2D eigenvalue weighted by Crippen LogP contribution is 2.35. The highest BCUT2D eigenvalue weighted by molar-refractivity contribution is 5.98. The van der Waals surface area contributed by atoms with Gasteiger partial charge in [0.25, 0.3) is 5.91 Å². The van der Waals surface area contributed by atoms with E-state index in [9.17, 15) is 9.90 Å². The number of nitrogens with one attached hydrogen (secondary N) is 1. The summed E-state index contributed by atoms with van der Waals surface area (Å²) in [5, 5.41) is 10.6. The lowest BCUT2D eigenvalue weighted by atomic mass is 10.0. The van der Waals surface area contributed by atoms with E-state index in [1.54, 1.807) is 50.0 Å². The molecule has 3 aromatic heterocycles. The molecule has 0 saturated carbocycles. The van der Waals surface area contributed by atoms with Crippen LogP contribution in [-0.4, -0.2) is 74.1 Å². The lowest BCUT2D eigenvalue weighted by molar-refractivity contribution is 0.0746. The number of phenols is 1. The Kier molecular flexibility index (Phi) is 6.04. The molecule has 0 spiro atoms. The fraction of sp³-hybridized carbons (Fsp3) is 0.179. The van der Waals surface area contributed by atoms with Crippen LogP contribution in [0.3, 0.4) is 0 Å². The number of amides is 1. The molecule has 1 aliphatic rings. The van der Waals surface area contributed by atoms with Crippen molar-refractivity contribution in [2.75, 3.05) is 38.2 Å². The Morgan fingerprint density at radius 3 is 2.50 bits per heavy atom. The summed E-state index contributed by atoms with van der Waals surface area (Å²) < 4.78 is 5.40. The Morgan fingerprint density at radius 1 is 0.921 bits per heavy atom. The largest absolute Gasteiger partial charge is 0.507 e. The zero-order chi connectivity index (χ0) is 26.1. The minimum absolute atomic E-state index is 0.0430. The number of nitrogens with zero attached hydrogens (tertiary/aromatic N) is 6. The monoisotopic (exact) mass is 507 g/mol. The molecular formula is C28H25N7O3. The van der Waals surface area contributed by atoms with Gasteiger partial charge in [-0.25, -0.2) is 19.9 Å². The molecule has 1 saturated heterocycles. The molecule has 0 bridgehead atoms. The molecule has 10 nitrogen and oxygen atoms in total. The maximum absolute atomic E-state index is 13.3. The van der Waals surface area contributed by atoms with Crippen molar-refractivity contribution in [1.29, 1.82) is 0 Å². The van der Waals surface area contributed by atoms with Gasteiger partial charge in [0.15, 0.2) is 0 Å². The zero-order valence-corrected chi connectivity index (χ0v) is 20.7. The van der Waals surface area contributed by atoms with Crippen molar-refractivity contribution >= 4 is 22.9 Å². The fourth-order valence-electron chi connectivity index (χ4n) is 4.68. The minimum atomic E-state index is -0.0430. The number of rotatable bonds is 5. The van der Waals surface area contributed by atoms with Crippen LogP contribution in [0.2, 0.25) is 0 Å². The van der Waals surface area contributed by atoms with Gasteiger partial charge in [-0.1, -0.05) is 6.07 Å². The number of phenolic OH excluding ortho intramolecular Hbond substituents is 1. The summed E-state index contributed by atoms with van der Waals surface area (Å²) in [6, 6.07) is 16.2. The van der Waals surface area contributed by atoms with Gasteiger partial charge in [-0.3, -0.25) is 4.79 Å². The third kappa shape index (κ3) is 4.36. The number of imidazole rings is 1. The van der Waals surface area contributed by atoms with Crippen molar-refractivity contribution in [3.63, 3.8) is 0 Å². The molecule has 4 heterocycles. The fourth-order valence-corrected chi connectivity index (χ4v) is 4.68. The summed E-state index contributed by atoms with van der Waals surface area (Å²) >= 11 is 0. The highest BCUT2D eigenvalue weighted by Gasteiger charge is 2.24. The molecule has 10 heteroatoms. The molecule has 1 fully saturated rings. The van der Waals surface area contributed by atoms with E-state index < -0.39 is 0 Å². The van der Waals surface area contributed by atoms with Crippen LogP contribution in [0.25, 0.3) is 33.5 Å². The van der Waals surface area contributed by atoms with Gasteiger partial charge in [0.1, 0.15) is 11.6 Å². The number of carbonyl (C=O) groups is 1. The number of hydrogen-bond acceptors (Lipinski definition) is 8. The minimum Gasteiger partial charge on any atom is -0.507 e. The van der Waals surface area contributed by atoms with Crippen LogP contribution in [0.15, 0.2) is 73.2 Å². The van der Waals surface area contributed by atoms with E-state index in [4.69, 9.17) is 9.72 Å². The van der Waals surface area contributed by atoms with Gasteiger partial charge in [-0.15, -0.1) is 0 Å². The van der Waals surface area contributed by atoms with Crippen LogP contribution in [-0.2, 0) is 0 Å². The maximum Gasteiger partial charge on any atom is 0.254 e. The third-order valence-corrected chi connectivity index (χ3v) is 6.66. The van der Waals surface area contributed by atoms with E-state index in [0.717, 1.165) is 16.6 Å². The molecule has 0 radical (unpaired) electrons.